The van der Waals surface area contributed by atoms with Crippen molar-refractivity contribution in [2.45, 2.75) is 51.5 Å². The Labute approximate surface area is 110 Å². The summed E-state index contributed by atoms with van der Waals surface area (Å²) in [6, 6.07) is 4.53. The molecule has 1 aliphatic rings. The summed E-state index contributed by atoms with van der Waals surface area (Å²) in [7, 11) is 0. The molecule has 0 saturated heterocycles. The Morgan fingerprint density at radius 1 is 1.50 bits per heavy atom. The van der Waals surface area contributed by atoms with Gasteiger partial charge in [-0.05, 0) is 42.7 Å². The van der Waals surface area contributed by atoms with Crippen molar-refractivity contribution in [1.29, 1.82) is 0 Å². The quantitative estimate of drug-likeness (QED) is 0.621. The van der Waals surface area contributed by atoms with Crippen LogP contribution in [0.3, 0.4) is 0 Å². The van der Waals surface area contributed by atoms with E-state index in [1.54, 1.807) is 0 Å². The molecule has 1 saturated carbocycles. The first-order chi connectivity index (χ1) is 8.83. The minimum atomic E-state index is 0.392. The molecule has 1 aliphatic carbocycles. The molecule has 0 bridgehead atoms. The van der Waals surface area contributed by atoms with Crippen molar-refractivity contribution in [2.24, 2.45) is 17.7 Å². The molecule has 1 fully saturated rings. The molecule has 3 heteroatoms. The third kappa shape index (κ3) is 3.53. The Morgan fingerprint density at radius 2 is 2.39 bits per heavy atom. The molecule has 0 radical (unpaired) electrons. The predicted octanol–water partition coefficient (Wildman–Crippen LogP) is 2.67. The zero-order valence-electron chi connectivity index (χ0n) is 11.3. The Hall–Kier alpha value is -0.930. The molecular formula is C15H25N3. The predicted molar refractivity (Wildman–Crippen MR) is 74.8 cm³/mol. The molecule has 100 valence electrons. The molecule has 3 unspecified atom stereocenters. The summed E-state index contributed by atoms with van der Waals surface area (Å²) in [5.41, 5.74) is 4.31. The summed E-state index contributed by atoms with van der Waals surface area (Å²) in [5, 5.41) is 0. The molecule has 0 spiro atoms. The van der Waals surface area contributed by atoms with Crippen LogP contribution in [0.15, 0.2) is 24.5 Å². The molecule has 3 nitrogen and oxygen atoms in total. The van der Waals surface area contributed by atoms with E-state index < -0.39 is 0 Å². The van der Waals surface area contributed by atoms with E-state index in [0.717, 1.165) is 12.3 Å². The number of nitrogens with two attached hydrogens (primary N) is 1. The Kier molecular flexibility index (Phi) is 5.14. The van der Waals surface area contributed by atoms with E-state index in [0.29, 0.717) is 12.0 Å². The first-order valence-corrected chi connectivity index (χ1v) is 7.18. The third-order valence-electron chi connectivity index (χ3n) is 4.36. The number of hydrogen-bond acceptors (Lipinski definition) is 3. The van der Waals surface area contributed by atoms with Gasteiger partial charge in [-0.2, -0.15) is 0 Å². The monoisotopic (exact) mass is 247 g/mol. The van der Waals surface area contributed by atoms with E-state index >= 15 is 0 Å². The summed E-state index contributed by atoms with van der Waals surface area (Å²) >= 11 is 0. The van der Waals surface area contributed by atoms with E-state index in [1.165, 1.54) is 37.7 Å². The summed E-state index contributed by atoms with van der Waals surface area (Å²) in [4.78, 5) is 4.18. The van der Waals surface area contributed by atoms with Gasteiger partial charge < -0.3 is 0 Å². The van der Waals surface area contributed by atoms with Crippen LogP contribution in [-0.2, 0) is 6.42 Å². The Balaban J connectivity index is 1.95. The van der Waals surface area contributed by atoms with E-state index in [1.807, 2.05) is 18.5 Å². The molecule has 1 heterocycles. The molecule has 0 aromatic carbocycles. The van der Waals surface area contributed by atoms with E-state index in [2.05, 4.69) is 23.4 Å². The average Bonchev–Trinajstić information content (AvgIpc) is 2.46. The van der Waals surface area contributed by atoms with Gasteiger partial charge in [0.2, 0.25) is 0 Å². The lowest BCUT2D eigenvalue weighted by molar-refractivity contribution is 0.208. The van der Waals surface area contributed by atoms with Gasteiger partial charge >= 0.3 is 0 Å². The van der Waals surface area contributed by atoms with E-state index in [9.17, 15) is 0 Å². The lowest BCUT2D eigenvalue weighted by atomic mass is 9.76. The molecule has 18 heavy (non-hydrogen) atoms. The topological polar surface area (TPSA) is 50.9 Å². The van der Waals surface area contributed by atoms with Gasteiger partial charge in [0.05, 0.1) is 0 Å². The zero-order chi connectivity index (χ0) is 12.8. The van der Waals surface area contributed by atoms with Gasteiger partial charge in [0, 0.05) is 18.4 Å². The number of hydrazine groups is 1. The number of hydrogen-bond donors (Lipinski definition) is 2. The van der Waals surface area contributed by atoms with Crippen LogP contribution in [0.25, 0.3) is 0 Å². The first kappa shape index (κ1) is 13.5. The Bertz CT molecular complexity index is 339. The Morgan fingerprint density at radius 3 is 3.06 bits per heavy atom. The molecule has 2 rings (SSSR count). The van der Waals surface area contributed by atoms with Gasteiger partial charge in [-0.1, -0.05) is 32.3 Å². The smallest absolute Gasteiger partial charge is 0.0300 e. The normalized spacial score (nSPS) is 25.9. The van der Waals surface area contributed by atoms with Crippen molar-refractivity contribution in [3.05, 3.63) is 30.1 Å². The third-order valence-corrected chi connectivity index (χ3v) is 4.36. The van der Waals surface area contributed by atoms with Gasteiger partial charge in [0.15, 0.2) is 0 Å². The van der Waals surface area contributed by atoms with Gasteiger partial charge in [-0.3, -0.25) is 16.3 Å². The second-order valence-electron chi connectivity index (χ2n) is 5.54. The maximum atomic E-state index is 5.77. The van der Waals surface area contributed by atoms with Crippen molar-refractivity contribution in [3.63, 3.8) is 0 Å². The highest BCUT2D eigenvalue weighted by Crippen LogP contribution is 2.33. The standard InChI is InChI=1S/C15H25N3/c1-2-12-5-3-7-14(9-12)15(18-16)10-13-6-4-8-17-11-13/h4,6,8,11-12,14-15,18H,2-3,5,7,9-10,16H2,1H3. The zero-order valence-corrected chi connectivity index (χ0v) is 11.3. The second kappa shape index (κ2) is 6.86. The molecule has 3 atom stereocenters. The number of nitrogens with one attached hydrogen (secondary N) is 1. The maximum absolute atomic E-state index is 5.77. The van der Waals surface area contributed by atoms with Crippen molar-refractivity contribution in [2.75, 3.05) is 0 Å². The van der Waals surface area contributed by atoms with Crippen LogP contribution in [0.1, 0.15) is 44.6 Å². The highest BCUT2D eigenvalue weighted by Gasteiger charge is 2.27. The van der Waals surface area contributed by atoms with Crippen LogP contribution < -0.4 is 11.3 Å². The fourth-order valence-electron chi connectivity index (χ4n) is 3.20. The highest BCUT2D eigenvalue weighted by molar-refractivity contribution is 5.10. The number of aromatic nitrogens is 1. The largest absolute Gasteiger partial charge is 0.271 e. The van der Waals surface area contributed by atoms with E-state index in [-0.39, 0.29) is 0 Å². The van der Waals surface area contributed by atoms with Crippen LogP contribution in [0.2, 0.25) is 0 Å². The summed E-state index contributed by atoms with van der Waals surface area (Å²) in [6.45, 7) is 2.30. The molecule has 1 aromatic rings. The number of rotatable bonds is 5. The van der Waals surface area contributed by atoms with Crippen LogP contribution in [0.4, 0.5) is 0 Å². The number of pyridine rings is 1. The molecular weight excluding hydrogens is 222 g/mol. The van der Waals surface area contributed by atoms with Crippen molar-refractivity contribution in [1.82, 2.24) is 10.4 Å². The van der Waals surface area contributed by atoms with Crippen LogP contribution in [0, 0.1) is 11.8 Å². The first-order valence-electron chi connectivity index (χ1n) is 7.18. The van der Waals surface area contributed by atoms with Crippen LogP contribution >= 0.6 is 0 Å². The minimum Gasteiger partial charge on any atom is -0.271 e. The summed E-state index contributed by atoms with van der Waals surface area (Å²) in [6.07, 6.45) is 11.5. The summed E-state index contributed by atoms with van der Waals surface area (Å²) in [5.74, 6) is 7.38. The van der Waals surface area contributed by atoms with E-state index in [4.69, 9.17) is 5.84 Å². The molecule has 0 amide bonds. The van der Waals surface area contributed by atoms with Crippen LogP contribution in [0.5, 0.6) is 0 Å². The second-order valence-corrected chi connectivity index (χ2v) is 5.54. The van der Waals surface area contributed by atoms with Gasteiger partial charge in [0.1, 0.15) is 0 Å². The summed E-state index contributed by atoms with van der Waals surface area (Å²) < 4.78 is 0. The van der Waals surface area contributed by atoms with Gasteiger partial charge in [0.25, 0.3) is 0 Å². The average molecular weight is 247 g/mol. The number of nitrogens with zero attached hydrogens (tertiary/aromatic N) is 1. The fraction of sp³-hybridized carbons (Fsp3) is 0.667. The lowest BCUT2D eigenvalue weighted by Gasteiger charge is -2.34. The van der Waals surface area contributed by atoms with Crippen molar-refractivity contribution >= 4 is 0 Å². The van der Waals surface area contributed by atoms with Crippen molar-refractivity contribution < 1.29 is 0 Å². The molecule has 3 N–H and O–H groups in total. The molecule has 1 aromatic heterocycles. The van der Waals surface area contributed by atoms with Crippen LogP contribution in [-0.4, -0.2) is 11.0 Å². The minimum absolute atomic E-state index is 0.392. The molecule has 0 aliphatic heterocycles. The maximum Gasteiger partial charge on any atom is 0.0300 e. The SMILES string of the molecule is CCC1CCCC(C(Cc2cccnc2)NN)C1. The van der Waals surface area contributed by atoms with Gasteiger partial charge in [-0.15, -0.1) is 0 Å². The highest BCUT2D eigenvalue weighted by atomic mass is 15.2. The van der Waals surface area contributed by atoms with Gasteiger partial charge in [-0.25, -0.2) is 0 Å². The fourth-order valence-corrected chi connectivity index (χ4v) is 3.20. The van der Waals surface area contributed by atoms with Crippen molar-refractivity contribution in [3.8, 4) is 0 Å². The lowest BCUT2D eigenvalue weighted by Crippen LogP contribution is -2.44.